The first-order valence-electron chi connectivity index (χ1n) is 5.64. The molecule has 1 saturated heterocycles. The molecule has 2 rings (SSSR count). The third kappa shape index (κ3) is 2.39. The Balaban J connectivity index is 2.09. The van der Waals surface area contributed by atoms with E-state index in [4.69, 9.17) is 10.00 Å². The molecule has 4 heteroatoms. The van der Waals surface area contributed by atoms with Crippen LogP contribution in [0.25, 0.3) is 0 Å². The van der Waals surface area contributed by atoms with Crippen molar-refractivity contribution in [3.05, 3.63) is 24.3 Å². The highest BCUT2D eigenvalue weighted by atomic mass is 16.5. The van der Waals surface area contributed by atoms with E-state index in [-0.39, 0.29) is 5.78 Å². The number of hydrogen-bond donors (Lipinski definition) is 0. The Bertz CT molecular complexity index is 447. The Hall–Kier alpha value is -2.02. The number of ketones is 1. The van der Waals surface area contributed by atoms with Crippen molar-refractivity contribution >= 4 is 11.5 Å². The minimum absolute atomic E-state index is 0.00128. The lowest BCUT2D eigenvalue weighted by Gasteiger charge is -2.16. The number of carbonyl (C=O) groups is 1. The van der Waals surface area contributed by atoms with E-state index in [1.165, 1.54) is 0 Å². The molecule has 0 aliphatic carbocycles. The SMILES string of the molecule is CCOc1ccc(N2CC(=O)C(C#N)C2)cc1. The third-order valence-corrected chi connectivity index (χ3v) is 2.81. The van der Waals surface area contributed by atoms with Crippen molar-refractivity contribution in [3.63, 3.8) is 0 Å². The highest BCUT2D eigenvalue weighted by Crippen LogP contribution is 2.23. The van der Waals surface area contributed by atoms with Crippen molar-refractivity contribution < 1.29 is 9.53 Å². The molecule has 1 fully saturated rings. The first-order valence-corrected chi connectivity index (χ1v) is 5.64. The molecule has 1 aromatic carbocycles. The first kappa shape index (κ1) is 11.5. The van der Waals surface area contributed by atoms with E-state index in [0.29, 0.717) is 19.7 Å². The molecule has 1 aliphatic heterocycles. The van der Waals surface area contributed by atoms with Crippen LogP contribution in [-0.2, 0) is 4.79 Å². The zero-order chi connectivity index (χ0) is 12.3. The summed E-state index contributed by atoms with van der Waals surface area (Å²) in [6.45, 7) is 3.39. The molecule has 0 radical (unpaired) electrons. The van der Waals surface area contributed by atoms with Gasteiger partial charge in [0, 0.05) is 12.2 Å². The standard InChI is InChI=1S/C13H14N2O2/c1-2-17-12-5-3-11(4-6-12)15-8-10(7-14)13(16)9-15/h3-6,10H,2,8-9H2,1H3. The summed E-state index contributed by atoms with van der Waals surface area (Å²) in [4.78, 5) is 13.4. The van der Waals surface area contributed by atoms with Gasteiger partial charge in [-0.25, -0.2) is 0 Å². The van der Waals surface area contributed by atoms with Gasteiger partial charge >= 0.3 is 0 Å². The maximum absolute atomic E-state index is 11.5. The number of nitriles is 1. The molecule has 0 amide bonds. The van der Waals surface area contributed by atoms with Gasteiger partial charge in [-0.05, 0) is 31.2 Å². The number of benzene rings is 1. The van der Waals surface area contributed by atoms with Crippen molar-refractivity contribution in [2.45, 2.75) is 6.92 Å². The van der Waals surface area contributed by atoms with E-state index in [0.717, 1.165) is 11.4 Å². The molecule has 88 valence electrons. The maximum atomic E-state index is 11.5. The van der Waals surface area contributed by atoms with E-state index in [1.807, 2.05) is 42.2 Å². The molecular weight excluding hydrogens is 216 g/mol. The molecule has 0 N–H and O–H groups in total. The Kier molecular flexibility index (Phi) is 3.29. The topological polar surface area (TPSA) is 53.3 Å². The van der Waals surface area contributed by atoms with Gasteiger partial charge in [0.1, 0.15) is 11.7 Å². The molecule has 0 bridgehead atoms. The number of Topliss-reactive ketones (excluding diaryl/α,β-unsaturated/α-hetero) is 1. The van der Waals surface area contributed by atoms with Crippen molar-refractivity contribution in [2.75, 3.05) is 24.6 Å². The lowest BCUT2D eigenvalue weighted by molar-refractivity contribution is -0.118. The van der Waals surface area contributed by atoms with Gasteiger partial charge in [0.05, 0.1) is 19.2 Å². The summed E-state index contributed by atoms with van der Waals surface area (Å²) in [5, 5.41) is 8.80. The smallest absolute Gasteiger partial charge is 0.170 e. The summed E-state index contributed by atoms with van der Waals surface area (Å²) in [6.07, 6.45) is 0. The Morgan fingerprint density at radius 3 is 2.71 bits per heavy atom. The van der Waals surface area contributed by atoms with E-state index in [1.54, 1.807) is 0 Å². The second-order valence-corrected chi connectivity index (χ2v) is 3.96. The van der Waals surface area contributed by atoms with Crippen LogP contribution in [0.1, 0.15) is 6.92 Å². The highest BCUT2D eigenvalue weighted by Gasteiger charge is 2.30. The van der Waals surface area contributed by atoms with Gasteiger partial charge in [0.15, 0.2) is 5.78 Å². The van der Waals surface area contributed by atoms with Crippen molar-refractivity contribution in [3.8, 4) is 11.8 Å². The van der Waals surface area contributed by atoms with Crippen molar-refractivity contribution in [1.82, 2.24) is 0 Å². The number of carbonyl (C=O) groups excluding carboxylic acids is 1. The van der Waals surface area contributed by atoms with Gasteiger partial charge in [-0.3, -0.25) is 4.79 Å². The van der Waals surface area contributed by atoms with Crippen LogP contribution in [0.15, 0.2) is 24.3 Å². The second-order valence-electron chi connectivity index (χ2n) is 3.96. The molecule has 1 aromatic rings. The van der Waals surface area contributed by atoms with Crippen LogP contribution in [0, 0.1) is 17.2 Å². The molecule has 1 unspecified atom stereocenters. The van der Waals surface area contributed by atoms with Gasteiger partial charge in [-0.1, -0.05) is 0 Å². The molecule has 0 spiro atoms. The summed E-state index contributed by atoms with van der Waals surface area (Å²) in [7, 11) is 0. The summed E-state index contributed by atoms with van der Waals surface area (Å²) in [5.41, 5.74) is 0.958. The molecule has 0 saturated carbocycles. The lowest BCUT2D eigenvalue weighted by atomic mass is 10.1. The van der Waals surface area contributed by atoms with E-state index in [9.17, 15) is 4.79 Å². The van der Waals surface area contributed by atoms with Gasteiger partial charge < -0.3 is 9.64 Å². The number of ether oxygens (including phenoxy) is 1. The summed E-state index contributed by atoms with van der Waals surface area (Å²) >= 11 is 0. The first-order chi connectivity index (χ1) is 8.24. The zero-order valence-corrected chi connectivity index (χ0v) is 9.72. The fraction of sp³-hybridized carbons (Fsp3) is 0.385. The Morgan fingerprint density at radius 2 is 2.18 bits per heavy atom. The van der Waals surface area contributed by atoms with Crippen LogP contribution in [0.2, 0.25) is 0 Å². The normalized spacial score (nSPS) is 19.2. The fourth-order valence-corrected chi connectivity index (χ4v) is 1.91. The molecule has 1 aliphatic rings. The average Bonchev–Trinajstić information content (AvgIpc) is 2.72. The number of anilines is 1. The molecule has 4 nitrogen and oxygen atoms in total. The maximum Gasteiger partial charge on any atom is 0.170 e. The molecule has 1 heterocycles. The minimum atomic E-state index is -0.485. The predicted octanol–water partition coefficient (Wildman–Crippen LogP) is 1.61. The van der Waals surface area contributed by atoms with E-state index in [2.05, 4.69) is 0 Å². The van der Waals surface area contributed by atoms with Crippen LogP contribution in [0.5, 0.6) is 5.75 Å². The van der Waals surface area contributed by atoms with Gasteiger partial charge in [-0.2, -0.15) is 5.26 Å². The van der Waals surface area contributed by atoms with Crippen LogP contribution in [0.3, 0.4) is 0 Å². The lowest BCUT2D eigenvalue weighted by Crippen LogP contribution is -2.19. The number of hydrogen-bond acceptors (Lipinski definition) is 4. The number of nitrogens with zero attached hydrogens (tertiary/aromatic N) is 2. The Morgan fingerprint density at radius 1 is 1.47 bits per heavy atom. The largest absolute Gasteiger partial charge is 0.494 e. The quantitative estimate of drug-likeness (QED) is 0.791. The Labute approximate surface area is 100 Å². The highest BCUT2D eigenvalue weighted by molar-refractivity contribution is 5.91. The summed E-state index contributed by atoms with van der Waals surface area (Å²) in [5.74, 6) is 0.335. The van der Waals surface area contributed by atoms with Gasteiger partial charge in [-0.15, -0.1) is 0 Å². The summed E-state index contributed by atoms with van der Waals surface area (Å²) in [6, 6.07) is 9.61. The second kappa shape index (κ2) is 4.88. The molecule has 1 atom stereocenters. The van der Waals surface area contributed by atoms with Crippen LogP contribution in [0.4, 0.5) is 5.69 Å². The van der Waals surface area contributed by atoms with Crippen LogP contribution < -0.4 is 9.64 Å². The van der Waals surface area contributed by atoms with Crippen LogP contribution in [-0.4, -0.2) is 25.5 Å². The van der Waals surface area contributed by atoms with Gasteiger partial charge in [0.2, 0.25) is 0 Å². The van der Waals surface area contributed by atoms with E-state index >= 15 is 0 Å². The third-order valence-electron chi connectivity index (χ3n) is 2.81. The van der Waals surface area contributed by atoms with Crippen molar-refractivity contribution in [2.24, 2.45) is 5.92 Å². The van der Waals surface area contributed by atoms with Crippen molar-refractivity contribution in [1.29, 1.82) is 5.26 Å². The number of rotatable bonds is 3. The molecular formula is C13H14N2O2. The summed E-state index contributed by atoms with van der Waals surface area (Å²) < 4.78 is 5.35. The minimum Gasteiger partial charge on any atom is -0.494 e. The zero-order valence-electron chi connectivity index (χ0n) is 9.72. The van der Waals surface area contributed by atoms with Crippen LogP contribution >= 0.6 is 0 Å². The monoisotopic (exact) mass is 230 g/mol. The fourth-order valence-electron chi connectivity index (χ4n) is 1.91. The molecule has 0 aromatic heterocycles. The molecule has 17 heavy (non-hydrogen) atoms. The predicted molar refractivity (Wildman–Crippen MR) is 63.9 cm³/mol. The van der Waals surface area contributed by atoms with Gasteiger partial charge in [0.25, 0.3) is 0 Å². The van der Waals surface area contributed by atoms with E-state index < -0.39 is 5.92 Å². The average molecular weight is 230 g/mol.